The van der Waals surface area contributed by atoms with Crippen molar-refractivity contribution in [3.8, 4) is 0 Å². The van der Waals surface area contributed by atoms with Gasteiger partial charge in [-0.25, -0.2) is 9.78 Å². The minimum absolute atomic E-state index is 0.319. The van der Waals surface area contributed by atoms with Gasteiger partial charge < -0.3 is 25.4 Å². The predicted molar refractivity (Wildman–Crippen MR) is 117 cm³/mol. The van der Waals surface area contributed by atoms with Gasteiger partial charge in [0.25, 0.3) is 0 Å². The van der Waals surface area contributed by atoms with Gasteiger partial charge in [0.2, 0.25) is 5.91 Å². The third kappa shape index (κ3) is 8.67. The summed E-state index contributed by atoms with van der Waals surface area (Å²) in [6.07, 6.45) is 6.52. The molecule has 1 aromatic heterocycles. The number of fused-ring (bicyclic) bond motifs is 1. The summed E-state index contributed by atoms with van der Waals surface area (Å²) in [5.74, 6) is -0.271. The number of ether oxygens (including phenoxy) is 1. The van der Waals surface area contributed by atoms with E-state index in [9.17, 15) is 14.7 Å². The number of amides is 1. The monoisotopic (exact) mass is 420 g/mol. The van der Waals surface area contributed by atoms with Crippen molar-refractivity contribution in [2.45, 2.75) is 57.9 Å². The number of nitrogens with one attached hydrogen (secondary N) is 2. The van der Waals surface area contributed by atoms with Crippen molar-refractivity contribution in [3.05, 3.63) is 23.4 Å². The SMILES string of the molecule is COCCCN(CCCCc1ccc2c(n1)NCCC2)CCC(NC(C)=O)C(=O)O. The molecule has 8 nitrogen and oxygen atoms in total. The van der Waals surface area contributed by atoms with E-state index in [0.29, 0.717) is 19.6 Å². The van der Waals surface area contributed by atoms with Crippen LogP contribution in [0.3, 0.4) is 0 Å². The molecule has 168 valence electrons. The van der Waals surface area contributed by atoms with E-state index < -0.39 is 12.0 Å². The van der Waals surface area contributed by atoms with Crippen LogP contribution in [0.4, 0.5) is 5.82 Å². The van der Waals surface area contributed by atoms with Gasteiger partial charge in [0.15, 0.2) is 0 Å². The van der Waals surface area contributed by atoms with Gasteiger partial charge in [-0.1, -0.05) is 6.07 Å². The van der Waals surface area contributed by atoms with Crippen LogP contribution in [-0.2, 0) is 27.2 Å². The van der Waals surface area contributed by atoms with Crippen LogP contribution in [0.1, 0.15) is 50.3 Å². The molecule has 0 fully saturated rings. The predicted octanol–water partition coefficient (Wildman–Crippen LogP) is 2.08. The van der Waals surface area contributed by atoms with E-state index in [4.69, 9.17) is 9.72 Å². The molecule has 0 aliphatic carbocycles. The maximum absolute atomic E-state index is 11.4. The summed E-state index contributed by atoms with van der Waals surface area (Å²) >= 11 is 0. The normalized spacial score (nSPS) is 14.1. The van der Waals surface area contributed by atoms with Crippen molar-refractivity contribution < 1.29 is 19.4 Å². The number of aryl methyl sites for hydroxylation is 2. The number of aliphatic carboxylic acids is 1. The first-order chi connectivity index (χ1) is 14.5. The topological polar surface area (TPSA) is 104 Å². The van der Waals surface area contributed by atoms with Gasteiger partial charge >= 0.3 is 5.97 Å². The molecule has 0 radical (unpaired) electrons. The maximum atomic E-state index is 11.4. The molecule has 2 rings (SSSR count). The fourth-order valence-corrected chi connectivity index (χ4v) is 3.73. The highest BCUT2D eigenvalue weighted by molar-refractivity contribution is 5.82. The van der Waals surface area contributed by atoms with Crippen LogP contribution in [0.15, 0.2) is 12.1 Å². The summed E-state index contributed by atoms with van der Waals surface area (Å²) in [5.41, 5.74) is 2.42. The Bertz CT molecular complexity index is 683. The number of carbonyl (C=O) groups excluding carboxylic acids is 1. The maximum Gasteiger partial charge on any atom is 0.326 e. The molecule has 1 aliphatic heterocycles. The number of carbonyl (C=O) groups is 2. The molecule has 3 N–H and O–H groups in total. The van der Waals surface area contributed by atoms with E-state index in [1.807, 2.05) is 0 Å². The van der Waals surface area contributed by atoms with Crippen LogP contribution in [0.5, 0.6) is 0 Å². The Morgan fingerprint density at radius 2 is 2.07 bits per heavy atom. The molecule has 0 saturated heterocycles. The number of anilines is 1. The first-order valence-corrected chi connectivity index (χ1v) is 10.9. The average Bonchev–Trinajstić information content (AvgIpc) is 2.73. The lowest BCUT2D eigenvalue weighted by atomic mass is 10.1. The van der Waals surface area contributed by atoms with Gasteiger partial charge in [0.05, 0.1) is 0 Å². The Hall–Kier alpha value is -2.19. The number of hydrogen-bond acceptors (Lipinski definition) is 6. The molecule has 0 bridgehead atoms. The van der Waals surface area contributed by atoms with Crippen LogP contribution in [0, 0.1) is 0 Å². The number of methoxy groups -OCH3 is 1. The molecule has 30 heavy (non-hydrogen) atoms. The number of pyridine rings is 1. The molecular weight excluding hydrogens is 384 g/mol. The highest BCUT2D eigenvalue weighted by atomic mass is 16.5. The Morgan fingerprint density at radius 3 is 2.80 bits per heavy atom. The summed E-state index contributed by atoms with van der Waals surface area (Å²) in [7, 11) is 1.68. The van der Waals surface area contributed by atoms with Crippen LogP contribution >= 0.6 is 0 Å². The molecule has 1 aromatic rings. The zero-order chi connectivity index (χ0) is 21.8. The van der Waals surface area contributed by atoms with Crippen molar-refractivity contribution in [2.75, 3.05) is 45.2 Å². The first kappa shape index (κ1) is 24.1. The summed E-state index contributed by atoms with van der Waals surface area (Å²) < 4.78 is 5.15. The van der Waals surface area contributed by atoms with Crippen molar-refractivity contribution in [1.82, 2.24) is 15.2 Å². The van der Waals surface area contributed by atoms with Gasteiger partial charge in [-0.05, 0) is 63.1 Å². The van der Waals surface area contributed by atoms with Crippen LogP contribution in [0.25, 0.3) is 0 Å². The molecule has 8 heteroatoms. The minimum atomic E-state index is -0.992. The van der Waals surface area contributed by atoms with Gasteiger partial charge in [-0.2, -0.15) is 0 Å². The van der Waals surface area contributed by atoms with Gasteiger partial charge in [-0.15, -0.1) is 0 Å². The third-order valence-electron chi connectivity index (χ3n) is 5.34. The fraction of sp³-hybridized carbons (Fsp3) is 0.682. The molecule has 0 aromatic carbocycles. The van der Waals surface area contributed by atoms with Crippen molar-refractivity contribution >= 4 is 17.7 Å². The summed E-state index contributed by atoms with van der Waals surface area (Å²) in [6, 6.07) is 3.47. The number of nitrogens with zero attached hydrogens (tertiary/aromatic N) is 2. The van der Waals surface area contributed by atoms with E-state index >= 15 is 0 Å². The molecular formula is C22H36N4O4. The number of rotatable bonds is 14. The standard InChI is InChI=1S/C22H36N4O4/c1-17(27)24-20(22(28)29)11-15-26(14-6-16-30-2)13-4-3-8-19-10-9-18-7-5-12-23-21(18)25-19/h9-10,20H,3-8,11-16H2,1-2H3,(H,23,25)(H,24,27)(H,28,29). The van der Waals surface area contributed by atoms with E-state index in [0.717, 1.165) is 69.7 Å². The van der Waals surface area contributed by atoms with Crippen LogP contribution < -0.4 is 10.6 Å². The lowest BCUT2D eigenvalue weighted by Gasteiger charge is -2.24. The second kappa shape index (κ2) is 13.2. The average molecular weight is 421 g/mol. The van der Waals surface area contributed by atoms with Gasteiger partial charge in [-0.3, -0.25) is 4.79 Å². The van der Waals surface area contributed by atoms with E-state index in [-0.39, 0.29) is 5.91 Å². The second-order valence-corrected chi connectivity index (χ2v) is 7.87. The molecule has 1 unspecified atom stereocenters. The molecule has 0 spiro atoms. The number of unbranched alkanes of at least 4 members (excludes halogenated alkanes) is 1. The summed E-state index contributed by atoms with van der Waals surface area (Å²) in [4.78, 5) is 29.6. The molecule has 2 heterocycles. The van der Waals surface area contributed by atoms with E-state index in [2.05, 4.69) is 27.7 Å². The van der Waals surface area contributed by atoms with Crippen LogP contribution in [-0.4, -0.2) is 72.8 Å². The molecule has 1 aliphatic rings. The Morgan fingerprint density at radius 1 is 1.27 bits per heavy atom. The van der Waals surface area contributed by atoms with E-state index in [1.165, 1.54) is 12.5 Å². The van der Waals surface area contributed by atoms with Gasteiger partial charge in [0.1, 0.15) is 11.9 Å². The fourth-order valence-electron chi connectivity index (χ4n) is 3.73. The zero-order valence-corrected chi connectivity index (χ0v) is 18.3. The number of aromatic nitrogens is 1. The molecule has 1 amide bonds. The number of carboxylic acids is 1. The Balaban J connectivity index is 1.78. The Labute approximate surface area is 179 Å². The summed E-state index contributed by atoms with van der Waals surface area (Å²) in [6.45, 7) is 5.38. The minimum Gasteiger partial charge on any atom is -0.480 e. The lowest BCUT2D eigenvalue weighted by Crippen LogP contribution is -2.42. The zero-order valence-electron chi connectivity index (χ0n) is 18.3. The third-order valence-corrected chi connectivity index (χ3v) is 5.34. The van der Waals surface area contributed by atoms with Crippen molar-refractivity contribution in [1.29, 1.82) is 0 Å². The second-order valence-electron chi connectivity index (χ2n) is 7.87. The summed E-state index contributed by atoms with van der Waals surface area (Å²) in [5, 5.41) is 15.2. The first-order valence-electron chi connectivity index (χ1n) is 10.9. The van der Waals surface area contributed by atoms with E-state index in [1.54, 1.807) is 7.11 Å². The number of hydrogen-bond donors (Lipinski definition) is 3. The highest BCUT2D eigenvalue weighted by Crippen LogP contribution is 2.20. The molecule has 1 atom stereocenters. The quantitative estimate of drug-likeness (QED) is 0.396. The lowest BCUT2D eigenvalue weighted by molar-refractivity contribution is -0.141. The molecule has 0 saturated carbocycles. The van der Waals surface area contributed by atoms with Crippen molar-refractivity contribution in [3.63, 3.8) is 0 Å². The number of carboxylic acid groups (broad SMARTS) is 1. The largest absolute Gasteiger partial charge is 0.480 e. The Kier molecular flexibility index (Phi) is 10.6. The van der Waals surface area contributed by atoms with Crippen LogP contribution in [0.2, 0.25) is 0 Å². The van der Waals surface area contributed by atoms with Crippen molar-refractivity contribution in [2.24, 2.45) is 0 Å². The van der Waals surface area contributed by atoms with Gasteiger partial charge in [0, 0.05) is 46.0 Å². The smallest absolute Gasteiger partial charge is 0.326 e. The highest BCUT2D eigenvalue weighted by Gasteiger charge is 2.19.